The van der Waals surface area contributed by atoms with E-state index in [0.29, 0.717) is 12.5 Å². The highest BCUT2D eigenvalue weighted by Crippen LogP contribution is 2.24. The fourth-order valence-corrected chi connectivity index (χ4v) is 1.95. The molecule has 1 aliphatic heterocycles. The van der Waals surface area contributed by atoms with Gasteiger partial charge in [0.2, 0.25) is 5.88 Å². The molecule has 3 nitrogen and oxygen atoms in total. The molecule has 0 spiro atoms. The van der Waals surface area contributed by atoms with Gasteiger partial charge in [-0.15, -0.1) is 0 Å². The summed E-state index contributed by atoms with van der Waals surface area (Å²) in [5.41, 5.74) is 5.05. The smallest absolute Gasteiger partial charge is 0.210 e. The minimum absolute atomic E-state index is 0.0908. The summed E-state index contributed by atoms with van der Waals surface area (Å²) < 4.78 is 5.67. The third-order valence-electron chi connectivity index (χ3n) is 2.95. The number of benzene rings is 2. The van der Waals surface area contributed by atoms with E-state index in [4.69, 9.17) is 9.57 Å². The van der Waals surface area contributed by atoms with Crippen molar-refractivity contribution >= 4 is 0 Å². The zero-order chi connectivity index (χ0) is 12.9. The lowest BCUT2D eigenvalue weighted by atomic mass is 10.1. The molecule has 0 aromatic heterocycles. The second-order valence-electron chi connectivity index (χ2n) is 4.36. The predicted molar refractivity (Wildman–Crippen MR) is 72.7 cm³/mol. The quantitative estimate of drug-likeness (QED) is 0.906. The van der Waals surface area contributed by atoms with Crippen molar-refractivity contribution in [3.63, 3.8) is 0 Å². The maximum atomic E-state index is 5.67. The Morgan fingerprint density at radius 2 is 1.63 bits per heavy atom. The first-order valence-corrected chi connectivity index (χ1v) is 6.27. The van der Waals surface area contributed by atoms with Gasteiger partial charge in [0.25, 0.3) is 0 Å². The van der Waals surface area contributed by atoms with Crippen molar-refractivity contribution < 1.29 is 9.57 Å². The Morgan fingerprint density at radius 3 is 2.37 bits per heavy atom. The molecule has 1 atom stereocenters. The fourth-order valence-electron chi connectivity index (χ4n) is 1.95. The van der Waals surface area contributed by atoms with Crippen molar-refractivity contribution in [1.29, 1.82) is 0 Å². The standard InChI is InChI=1S/C16H15NO2/c1-3-7-13(8-4-1)12-18-16-11-15(19-17-16)14-9-5-2-6-10-14/h1-11,15,17H,12H2. The van der Waals surface area contributed by atoms with Crippen molar-refractivity contribution in [1.82, 2.24) is 5.48 Å². The molecule has 1 N–H and O–H groups in total. The highest BCUT2D eigenvalue weighted by molar-refractivity contribution is 5.23. The normalized spacial score (nSPS) is 17.7. The second-order valence-corrected chi connectivity index (χ2v) is 4.36. The van der Waals surface area contributed by atoms with Gasteiger partial charge < -0.3 is 4.74 Å². The minimum Gasteiger partial charge on any atom is -0.473 e. The summed E-state index contributed by atoms with van der Waals surface area (Å²) in [6, 6.07) is 20.1. The van der Waals surface area contributed by atoms with Gasteiger partial charge in [0.1, 0.15) is 12.7 Å². The van der Waals surface area contributed by atoms with Crippen LogP contribution < -0.4 is 5.48 Å². The molecule has 0 amide bonds. The number of rotatable bonds is 4. The summed E-state index contributed by atoms with van der Waals surface area (Å²) in [5, 5.41) is 0. The molecule has 1 aliphatic rings. The Morgan fingerprint density at radius 1 is 0.947 bits per heavy atom. The number of ether oxygens (including phenoxy) is 1. The van der Waals surface area contributed by atoms with Crippen LogP contribution in [0.2, 0.25) is 0 Å². The lowest BCUT2D eigenvalue weighted by Crippen LogP contribution is -2.10. The van der Waals surface area contributed by atoms with Crippen LogP contribution in [0.5, 0.6) is 0 Å². The molecule has 1 unspecified atom stereocenters. The van der Waals surface area contributed by atoms with Crippen molar-refractivity contribution in [3.8, 4) is 0 Å². The average Bonchev–Trinajstić information content (AvgIpc) is 2.96. The number of hydroxylamine groups is 1. The summed E-state index contributed by atoms with van der Waals surface area (Å²) >= 11 is 0. The van der Waals surface area contributed by atoms with E-state index in [2.05, 4.69) is 5.48 Å². The van der Waals surface area contributed by atoms with E-state index < -0.39 is 0 Å². The van der Waals surface area contributed by atoms with E-state index in [1.807, 2.05) is 66.7 Å². The van der Waals surface area contributed by atoms with Gasteiger partial charge in [0.15, 0.2) is 0 Å². The summed E-state index contributed by atoms with van der Waals surface area (Å²) in [7, 11) is 0. The van der Waals surface area contributed by atoms with E-state index in [1.54, 1.807) is 0 Å². The Bertz CT molecular complexity index is 551. The van der Waals surface area contributed by atoms with Gasteiger partial charge in [-0.25, -0.2) is 5.48 Å². The van der Waals surface area contributed by atoms with E-state index in [-0.39, 0.29) is 6.10 Å². The van der Waals surface area contributed by atoms with Crippen molar-refractivity contribution in [2.45, 2.75) is 12.7 Å². The Kier molecular flexibility index (Phi) is 3.47. The van der Waals surface area contributed by atoms with Crippen LogP contribution in [0, 0.1) is 0 Å². The molecule has 3 rings (SSSR count). The predicted octanol–water partition coefficient (Wildman–Crippen LogP) is 3.32. The molecule has 96 valence electrons. The minimum atomic E-state index is -0.0908. The molecule has 2 aromatic rings. The Hall–Kier alpha value is -2.26. The molecule has 0 saturated heterocycles. The zero-order valence-corrected chi connectivity index (χ0v) is 10.5. The molecule has 2 aromatic carbocycles. The Labute approximate surface area is 112 Å². The third-order valence-corrected chi connectivity index (χ3v) is 2.95. The Balaban J connectivity index is 1.61. The van der Waals surface area contributed by atoms with Crippen LogP contribution in [0.1, 0.15) is 17.2 Å². The van der Waals surface area contributed by atoms with Gasteiger partial charge in [0.05, 0.1) is 0 Å². The fraction of sp³-hybridized carbons (Fsp3) is 0.125. The molecule has 3 heteroatoms. The monoisotopic (exact) mass is 253 g/mol. The molecule has 1 heterocycles. The summed E-state index contributed by atoms with van der Waals surface area (Å²) in [6.45, 7) is 0.532. The molecule has 0 bridgehead atoms. The third kappa shape index (κ3) is 2.95. The molecule has 19 heavy (non-hydrogen) atoms. The summed E-state index contributed by atoms with van der Waals surface area (Å²) in [4.78, 5) is 5.47. The lowest BCUT2D eigenvalue weighted by molar-refractivity contribution is 0.00985. The van der Waals surface area contributed by atoms with Crippen LogP contribution in [0.4, 0.5) is 0 Å². The van der Waals surface area contributed by atoms with Gasteiger partial charge >= 0.3 is 0 Å². The first-order valence-electron chi connectivity index (χ1n) is 6.27. The molecule has 0 saturated carbocycles. The SMILES string of the molecule is C1=C(OCc2ccccc2)NOC1c1ccccc1. The molecule has 0 radical (unpaired) electrons. The van der Waals surface area contributed by atoms with Crippen LogP contribution in [-0.2, 0) is 16.2 Å². The topological polar surface area (TPSA) is 30.5 Å². The van der Waals surface area contributed by atoms with Crippen molar-refractivity contribution in [2.24, 2.45) is 0 Å². The van der Waals surface area contributed by atoms with Gasteiger partial charge in [0, 0.05) is 6.08 Å². The van der Waals surface area contributed by atoms with Crippen LogP contribution in [0.25, 0.3) is 0 Å². The highest BCUT2D eigenvalue weighted by atomic mass is 16.7. The highest BCUT2D eigenvalue weighted by Gasteiger charge is 2.18. The van der Waals surface area contributed by atoms with E-state index >= 15 is 0 Å². The van der Waals surface area contributed by atoms with Crippen LogP contribution >= 0.6 is 0 Å². The van der Waals surface area contributed by atoms with Gasteiger partial charge in [-0.2, -0.15) is 0 Å². The number of nitrogens with one attached hydrogen (secondary N) is 1. The molecule has 0 aliphatic carbocycles. The van der Waals surface area contributed by atoms with Crippen molar-refractivity contribution in [2.75, 3.05) is 0 Å². The molecular weight excluding hydrogens is 238 g/mol. The maximum absolute atomic E-state index is 5.67. The average molecular weight is 253 g/mol. The zero-order valence-electron chi connectivity index (χ0n) is 10.5. The van der Waals surface area contributed by atoms with E-state index in [0.717, 1.165) is 11.1 Å². The largest absolute Gasteiger partial charge is 0.473 e. The van der Waals surface area contributed by atoms with Crippen LogP contribution in [0.3, 0.4) is 0 Å². The van der Waals surface area contributed by atoms with E-state index in [1.165, 1.54) is 0 Å². The van der Waals surface area contributed by atoms with Crippen LogP contribution in [-0.4, -0.2) is 0 Å². The first-order chi connectivity index (χ1) is 9.42. The first kappa shape index (κ1) is 11.8. The number of hydrogen-bond donors (Lipinski definition) is 1. The molecular formula is C16H15NO2. The maximum Gasteiger partial charge on any atom is 0.210 e. The van der Waals surface area contributed by atoms with Crippen LogP contribution in [0.15, 0.2) is 72.6 Å². The van der Waals surface area contributed by atoms with Gasteiger partial charge in [-0.05, 0) is 11.1 Å². The second kappa shape index (κ2) is 5.59. The summed E-state index contributed by atoms with van der Waals surface area (Å²) in [6.07, 6.45) is 1.85. The van der Waals surface area contributed by atoms with E-state index in [9.17, 15) is 0 Å². The van der Waals surface area contributed by atoms with Crippen molar-refractivity contribution in [3.05, 3.63) is 83.7 Å². The molecule has 0 fully saturated rings. The van der Waals surface area contributed by atoms with Gasteiger partial charge in [-0.3, -0.25) is 4.84 Å². The summed E-state index contributed by atoms with van der Waals surface area (Å²) in [5.74, 6) is 0.665. The lowest BCUT2D eigenvalue weighted by Gasteiger charge is -2.07. The van der Waals surface area contributed by atoms with Gasteiger partial charge in [-0.1, -0.05) is 60.7 Å². The number of hydrogen-bond acceptors (Lipinski definition) is 3.